The number of carbonyl (C=O) groups excluding carboxylic acids is 1. The van der Waals surface area contributed by atoms with Crippen LogP contribution >= 0.6 is 11.3 Å². The van der Waals surface area contributed by atoms with Crippen molar-refractivity contribution in [2.45, 2.75) is 12.7 Å². The summed E-state index contributed by atoms with van der Waals surface area (Å²) in [4.78, 5) is 20.8. The smallest absolute Gasteiger partial charge is 0.383 e. The van der Waals surface area contributed by atoms with Crippen LogP contribution in [0.4, 0.5) is 35.2 Å². The molecule has 40 heavy (non-hydrogen) atoms. The van der Waals surface area contributed by atoms with E-state index < -0.39 is 17.8 Å². The van der Waals surface area contributed by atoms with Gasteiger partial charge in [-0.3, -0.25) is 4.90 Å². The van der Waals surface area contributed by atoms with Gasteiger partial charge in [-0.1, -0.05) is 17.4 Å². The number of hydrogen-bond donors (Lipinski definition) is 3. The Bertz CT molecular complexity index is 1480. The first kappa shape index (κ1) is 27.5. The fourth-order valence-electron chi connectivity index (χ4n) is 4.34. The number of halogens is 3. The molecule has 2 aromatic carbocycles. The van der Waals surface area contributed by atoms with Gasteiger partial charge in [0, 0.05) is 55.9 Å². The number of alkyl halides is 3. The van der Waals surface area contributed by atoms with Crippen LogP contribution in [0.2, 0.25) is 0 Å². The van der Waals surface area contributed by atoms with Crippen LogP contribution in [-0.4, -0.2) is 64.2 Å². The van der Waals surface area contributed by atoms with Gasteiger partial charge in [-0.25, -0.2) is 9.78 Å². The van der Waals surface area contributed by atoms with Gasteiger partial charge in [0.15, 0.2) is 5.01 Å². The molecule has 13 heteroatoms. The molecule has 3 heterocycles. The van der Waals surface area contributed by atoms with E-state index in [1.165, 1.54) is 23.5 Å². The first-order chi connectivity index (χ1) is 19.2. The van der Waals surface area contributed by atoms with Crippen LogP contribution in [0.1, 0.15) is 11.1 Å². The van der Waals surface area contributed by atoms with Crippen LogP contribution < -0.4 is 16.4 Å². The predicted octanol–water partition coefficient (Wildman–Crippen LogP) is 5.26. The van der Waals surface area contributed by atoms with E-state index in [9.17, 15) is 18.0 Å². The number of nitrogen functional groups attached to an aromatic ring is 1. The van der Waals surface area contributed by atoms with Gasteiger partial charge in [0.05, 0.1) is 11.1 Å². The Hall–Kier alpha value is -4.07. The van der Waals surface area contributed by atoms with E-state index in [1.54, 1.807) is 36.5 Å². The summed E-state index contributed by atoms with van der Waals surface area (Å²) in [5.41, 5.74) is 7.35. The lowest BCUT2D eigenvalue weighted by atomic mass is 10.0. The van der Waals surface area contributed by atoms with Crippen molar-refractivity contribution in [3.8, 4) is 21.1 Å². The van der Waals surface area contributed by atoms with E-state index in [0.29, 0.717) is 40.2 Å². The molecule has 0 saturated carbocycles. The third kappa shape index (κ3) is 6.55. The first-order valence-electron chi connectivity index (χ1n) is 12.5. The summed E-state index contributed by atoms with van der Waals surface area (Å²) in [5, 5.41) is 14.9. The molecule has 0 bridgehead atoms. The number of urea groups is 1. The lowest BCUT2D eigenvalue weighted by Gasteiger charge is -2.33. The van der Waals surface area contributed by atoms with Crippen molar-refractivity contribution in [2.75, 3.05) is 49.6 Å². The molecule has 1 saturated heterocycles. The number of benzene rings is 2. The quantitative estimate of drug-likeness (QED) is 0.291. The molecule has 0 aliphatic carbocycles. The van der Waals surface area contributed by atoms with Gasteiger partial charge >= 0.3 is 12.2 Å². The van der Waals surface area contributed by atoms with Crippen molar-refractivity contribution in [3.05, 3.63) is 71.9 Å². The van der Waals surface area contributed by atoms with Gasteiger partial charge < -0.3 is 21.3 Å². The maximum Gasteiger partial charge on any atom is 0.416 e. The Morgan fingerprint density at radius 2 is 1.65 bits per heavy atom. The van der Waals surface area contributed by atoms with Gasteiger partial charge in [0.1, 0.15) is 10.8 Å². The van der Waals surface area contributed by atoms with E-state index in [1.807, 2.05) is 18.0 Å². The second-order valence-corrected chi connectivity index (χ2v) is 10.4. The van der Waals surface area contributed by atoms with E-state index in [0.717, 1.165) is 24.7 Å². The fourth-order valence-corrected chi connectivity index (χ4v) is 5.22. The van der Waals surface area contributed by atoms with E-state index in [2.05, 4.69) is 30.7 Å². The summed E-state index contributed by atoms with van der Waals surface area (Å²) in [6.45, 7) is 3.23. The summed E-state index contributed by atoms with van der Waals surface area (Å²) >= 11 is 1.35. The molecular weight excluding hydrogens is 541 g/mol. The van der Waals surface area contributed by atoms with Crippen molar-refractivity contribution in [1.29, 1.82) is 0 Å². The number of hydrogen-bond acceptors (Lipinski definition) is 8. The second kappa shape index (κ2) is 11.6. The third-order valence-corrected chi connectivity index (χ3v) is 7.55. The van der Waals surface area contributed by atoms with Gasteiger partial charge in [0.2, 0.25) is 0 Å². The Morgan fingerprint density at radius 1 is 0.975 bits per heavy atom. The molecule has 0 spiro atoms. The normalized spacial score (nSPS) is 14.7. The van der Waals surface area contributed by atoms with Crippen LogP contribution in [0.25, 0.3) is 21.1 Å². The maximum atomic E-state index is 13.9. The summed E-state index contributed by atoms with van der Waals surface area (Å²) in [7, 11) is 1.99. The molecule has 2 amide bonds. The molecule has 1 fully saturated rings. The monoisotopic (exact) mass is 568 g/mol. The number of aromatic nitrogens is 3. The van der Waals surface area contributed by atoms with Crippen molar-refractivity contribution in [1.82, 2.24) is 25.0 Å². The number of pyridine rings is 1. The standard InChI is InChI=1S/C27H27F3N8OS/c1-37-11-13-38(14-12-37)16-18-6-9-20(15-22(18)27(28,29)30)34-26(39)33-19-7-4-17(5-8-19)24-35-36-25(40-24)21-3-2-10-32-23(21)31/h2-10,15H,11-14,16H2,1H3,(H2,31,32)(H2,33,34,39). The molecule has 0 atom stereocenters. The lowest BCUT2D eigenvalue weighted by Crippen LogP contribution is -2.44. The third-order valence-electron chi connectivity index (χ3n) is 6.55. The topological polar surface area (TPSA) is 112 Å². The number of amides is 2. The van der Waals surface area contributed by atoms with Crippen LogP contribution in [0.15, 0.2) is 60.8 Å². The number of piperazine rings is 1. The molecular formula is C27H27F3N8OS. The molecule has 9 nitrogen and oxygen atoms in total. The molecule has 0 radical (unpaired) electrons. The molecule has 1 aliphatic heterocycles. The SMILES string of the molecule is CN1CCN(Cc2ccc(NC(=O)Nc3ccc(-c4nnc(-c5cccnc5N)s4)cc3)cc2C(F)(F)F)CC1. The van der Waals surface area contributed by atoms with E-state index in [-0.39, 0.29) is 17.8 Å². The maximum absolute atomic E-state index is 13.9. The van der Waals surface area contributed by atoms with Gasteiger partial charge in [-0.15, -0.1) is 10.2 Å². The number of carbonyl (C=O) groups is 1. The largest absolute Gasteiger partial charge is 0.416 e. The number of nitrogens with one attached hydrogen (secondary N) is 2. The summed E-state index contributed by atoms with van der Waals surface area (Å²) in [6, 6.07) is 13.7. The van der Waals surface area contributed by atoms with Gasteiger partial charge in [0.25, 0.3) is 0 Å². The minimum absolute atomic E-state index is 0.0552. The van der Waals surface area contributed by atoms with Gasteiger partial charge in [-0.2, -0.15) is 13.2 Å². The Labute approximate surface area is 232 Å². The number of nitrogens with two attached hydrogens (primary N) is 1. The van der Waals surface area contributed by atoms with Crippen LogP contribution in [0.5, 0.6) is 0 Å². The van der Waals surface area contributed by atoms with Crippen molar-refractivity contribution >= 4 is 34.6 Å². The van der Waals surface area contributed by atoms with Crippen molar-refractivity contribution in [2.24, 2.45) is 0 Å². The van der Waals surface area contributed by atoms with Gasteiger partial charge in [-0.05, 0) is 61.1 Å². The summed E-state index contributed by atoms with van der Waals surface area (Å²) < 4.78 is 41.6. The molecule has 1 aliphatic rings. The zero-order chi connectivity index (χ0) is 28.3. The highest BCUT2D eigenvalue weighted by Gasteiger charge is 2.34. The van der Waals surface area contributed by atoms with E-state index >= 15 is 0 Å². The summed E-state index contributed by atoms with van der Waals surface area (Å²) in [6.07, 6.45) is -2.94. The highest BCUT2D eigenvalue weighted by atomic mass is 32.1. The summed E-state index contributed by atoms with van der Waals surface area (Å²) in [5.74, 6) is 0.364. The highest BCUT2D eigenvalue weighted by Crippen LogP contribution is 2.35. The molecule has 4 aromatic rings. The van der Waals surface area contributed by atoms with E-state index in [4.69, 9.17) is 5.73 Å². The Balaban J connectivity index is 1.23. The zero-order valence-electron chi connectivity index (χ0n) is 21.6. The molecule has 208 valence electrons. The highest BCUT2D eigenvalue weighted by molar-refractivity contribution is 7.18. The fraction of sp³-hybridized carbons (Fsp3) is 0.259. The van der Waals surface area contributed by atoms with Crippen LogP contribution in [0.3, 0.4) is 0 Å². The average molecular weight is 569 g/mol. The first-order valence-corrected chi connectivity index (χ1v) is 13.3. The number of anilines is 3. The van der Waals surface area contributed by atoms with Crippen LogP contribution in [-0.2, 0) is 12.7 Å². The zero-order valence-corrected chi connectivity index (χ0v) is 22.4. The molecule has 2 aromatic heterocycles. The Morgan fingerprint density at radius 3 is 2.35 bits per heavy atom. The van der Waals surface area contributed by atoms with Crippen molar-refractivity contribution in [3.63, 3.8) is 0 Å². The lowest BCUT2D eigenvalue weighted by molar-refractivity contribution is -0.138. The van der Waals surface area contributed by atoms with Crippen LogP contribution in [0, 0.1) is 0 Å². The number of nitrogens with zero attached hydrogens (tertiary/aromatic N) is 5. The number of likely N-dealkylation sites (N-methyl/N-ethyl adjacent to an activating group) is 1. The molecule has 0 unspecified atom stereocenters. The number of rotatable bonds is 6. The molecule has 4 N–H and O–H groups in total. The molecule has 5 rings (SSSR count). The minimum atomic E-state index is -4.54. The minimum Gasteiger partial charge on any atom is -0.383 e. The predicted molar refractivity (Wildman–Crippen MR) is 150 cm³/mol. The average Bonchev–Trinajstić information content (AvgIpc) is 3.41. The second-order valence-electron chi connectivity index (χ2n) is 9.45. The Kier molecular flexibility index (Phi) is 7.96. The van der Waals surface area contributed by atoms with Crippen molar-refractivity contribution < 1.29 is 18.0 Å².